The predicted molar refractivity (Wildman–Crippen MR) is 181 cm³/mol. The lowest BCUT2D eigenvalue weighted by Crippen LogP contribution is -2.57. The molecule has 1 atom stereocenters. The Morgan fingerprint density at radius 2 is 1.44 bits per heavy atom. The van der Waals surface area contributed by atoms with Gasteiger partial charge < -0.3 is 55.4 Å². The molecule has 8 N–H and O–H groups in total. The number of carboxylic acid groups (broad SMARTS) is 1. The minimum absolute atomic E-state index is 0.00571. The highest BCUT2D eigenvalue weighted by Crippen LogP contribution is 2.23. The molecule has 4 amide bonds. The first-order valence-electron chi connectivity index (χ1n) is 16.5. The zero-order valence-electron chi connectivity index (χ0n) is 29.9. The third kappa shape index (κ3) is 15.3. The number of aliphatic carboxylic acids is 1. The van der Waals surface area contributed by atoms with Crippen LogP contribution in [-0.2, 0) is 33.3 Å². The number of rotatable bonds is 26. The molecule has 0 bridgehead atoms. The number of hydrogen-bond acceptors (Lipinski definition) is 15. The van der Waals surface area contributed by atoms with Crippen LogP contribution in [0.25, 0.3) is 0 Å². The van der Waals surface area contributed by atoms with Crippen LogP contribution in [-0.4, -0.2) is 147 Å². The van der Waals surface area contributed by atoms with E-state index in [9.17, 15) is 57.4 Å². The van der Waals surface area contributed by atoms with Gasteiger partial charge in [0.05, 0.1) is 66.1 Å². The van der Waals surface area contributed by atoms with Crippen molar-refractivity contribution in [2.75, 3.05) is 70.5 Å². The predicted octanol–water partition coefficient (Wildman–Crippen LogP) is 0.192. The maximum Gasteiger partial charge on any atom is 0.343 e. The van der Waals surface area contributed by atoms with Crippen molar-refractivity contribution >= 4 is 53.0 Å². The number of aromatic amines is 3. The lowest BCUT2D eigenvalue weighted by atomic mass is 9.88. The average molecular weight is 820 g/mol. The number of quaternary nitrogens is 1. The third-order valence-electron chi connectivity index (χ3n) is 7.30. The van der Waals surface area contributed by atoms with Gasteiger partial charge in [0.25, 0.3) is 17.7 Å². The topological polar surface area (TPSA) is 337 Å². The van der Waals surface area contributed by atoms with Crippen molar-refractivity contribution in [2.45, 2.75) is 31.2 Å². The average Bonchev–Trinajstić information content (AvgIpc) is 3.93. The van der Waals surface area contributed by atoms with Crippen LogP contribution in [0.2, 0.25) is 0 Å². The number of carboxylic acids is 1. The van der Waals surface area contributed by atoms with E-state index in [4.69, 9.17) is 14.2 Å². The van der Waals surface area contributed by atoms with Crippen LogP contribution >= 0.6 is 0 Å². The van der Waals surface area contributed by atoms with Gasteiger partial charge in [-0.1, -0.05) is 5.10 Å². The zero-order valence-corrected chi connectivity index (χ0v) is 29.9. The van der Waals surface area contributed by atoms with E-state index in [1.807, 2.05) is 0 Å². The van der Waals surface area contributed by atoms with Gasteiger partial charge in [0, 0.05) is 25.1 Å². The first-order valence-corrected chi connectivity index (χ1v) is 16.5. The Bertz CT molecular complexity index is 1870. The van der Waals surface area contributed by atoms with Gasteiger partial charge >= 0.3 is 17.8 Å². The maximum atomic E-state index is 12.6. The Morgan fingerprint density at radius 1 is 0.842 bits per heavy atom. The number of nitro groups is 1. The summed E-state index contributed by atoms with van der Waals surface area (Å²) in [5.41, 5.74) is -2.46. The molecule has 3 aromatic rings. The first-order chi connectivity index (χ1) is 27.0. The second-order valence-electron chi connectivity index (χ2n) is 11.6. The third-order valence-corrected chi connectivity index (χ3v) is 7.30. The molecule has 0 aliphatic carbocycles. The minimum Gasteiger partial charge on any atom is -0.481 e. The monoisotopic (exact) mass is 819 g/mol. The van der Waals surface area contributed by atoms with Crippen molar-refractivity contribution in [1.82, 2.24) is 41.2 Å². The quantitative estimate of drug-likeness (QED) is 0.0176. The van der Waals surface area contributed by atoms with Crippen molar-refractivity contribution in [3.8, 4) is 0 Å². The number of aromatic nitrogens is 6. The molecule has 0 saturated heterocycles. The summed E-state index contributed by atoms with van der Waals surface area (Å²) in [6.07, 6.45) is -1.98. The SMILES string of the molecule is COC(=O)C(CCCC[N+](F)(F)F)(CC(=O)O)NC(=O)COCCOCCOCCNC(=O)c1cc(NC(=O)c2cc(NC(=O)c3cc([N+](=O)[O-])[nH]n3)n[nH]2)n[nH]1. The summed E-state index contributed by atoms with van der Waals surface area (Å²) < 4.78 is 57.8. The van der Waals surface area contributed by atoms with Crippen LogP contribution in [0.15, 0.2) is 18.2 Å². The number of unbranched alkanes of at least 4 members (excludes halogenated alkanes) is 1. The van der Waals surface area contributed by atoms with E-state index < -0.39 is 89.4 Å². The number of H-pyrrole nitrogens is 3. The molecule has 0 aromatic carbocycles. The number of esters is 1. The fraction of sp³-hybridized carbons (Fsp3) is 0.483. The highest BCUT2D eigenvalue weighted by Gasteiger charge is 2.43. The number of carbonyl (C=O) groups is 6. The van der Waals surface area contributed by atoms with Gasteiger partial charge in [-0.15, -0.1) is 5.10 Å². The van der Waals surface area contributed by atoms with E-state index in [2.05, 4.69) is 56.6 Å². The van der Waals surface area contributed by atoms with Gasteiger partial charge in [-0.3, -0.25) is 34.2 Å². The zero-order chi connectivity index (χ0) is 42.0. The van der Waals surface area contributed by atoms with Crippen molar-refractivity contribution in [2.24, 2.45) is 0 Å². The van der Waals surface area contributed by atoms with Crippen molar-refractivity contribution in [3.05, 3.63) is 45.4 Å². The lowest BCUT2D eigenvalue weighted by Gasteiger charge is -2.30. The van der Waals surface area contributed by atoms with Crippen LogP contribution in [0.5, 0.6) is 0 Å². The summed E-state index contributed by atoms with van der Waals surface area (Å²) in [4.78, 5) is 83.4. The second-order valence-corrected chi connectivity index (χ2v) is 11.6. The highest BCUT2D eigenvalue weighted by atomic mass is 19.6. The standard InChI is InChI=1S/C29H37F3N12O13/c1-54-28(51)29(15-24(46)47,4-2-3-6-44(30,31)32)36-23(45)16-57-11-10-56-9-8-55-7-5-33-25(48)17-12-20(40-37-17)34-26(49)18-13-21(41-38-18)35-27(50)19-14-22(42-39-19)43(52)53/h12-14H,2-11,15-16H2,1H3,(H7-,33,34,35,36,37,38,39,40,41,42,45,46,47,48,49,50)/p+1. The lowest BCUT2D eigenvalue weighted by molar-refractivity contribution is -1.27. The summed E-state index contributed by atoms with van der Waals surface area (Å²) in [6.45, 7) is -1.50. The van der Waals surface area contributed by atoms with E-state index in [0.717, 1.165) is 13.2 Å². The van der Waals surface area contributed by atoms with E-state index in [1.165, 1.54) is 12.1 Å². The minimum atomic E-state index is -3.81. The molecule has 3 heterocycles. The Morgan fingerprint density at radius 3 is 2.02 bits per heavy atom. The summed E-state index contributed by atoms with van der Waals surface area (Å²) in [5, 5.41) is 43.8. The van der Waals surface area contributed by atoms with Gasteiger partial charge in [-0.25, -0.2) is 4.79 Å². The number of methoxy groups -OCH3 is 1. The molecule has 0 aliphatic rings. The fourth-order valence-electron chi connectivity index (χ4n) is 4.72. The normalized spacial score (nSPS) is 12.3. The van der Waals surface area contributed by atoms with Crippen LogP contribution in [0.4, 0.5) is 30.9 Å². The number of nitrogens with zero attached hydrogens (tertiary/aromatic N) is 5. The molecule has 0 aliphatic heterocycles. The first kappa shape index (κ1) is 44.9. The summed E-state index contributed by atoms with van der Waals surface area (Å²) in [6, 6.07) is 3.35. The number of anilines is 2. The molecular weight excluding hydrogens is 781 g/mol. The number of amides is 4. The fourth-order valence-corrected chi connectivity index (χ4v) is 4.72. The van der Waals surface area contributed by atoms with E-state index in [-0.39, 0.29) is 74.7 Å². The summed E-state index contributed by atoms with van der Waals surface area (Å²) in [7, 11) is 0.953. The number of carbonyl (C=O) groups excluding carboxylic acids is 5. The molecule has 28 heteroatoms. The molecule has 25 nitrogen and oxygen atoms in total. The van der Waals surface area contributed by atoms with Gasteiger partial charge in [0.1, 0.15) is 23.5 Å². The molecular formula is C29H38F3N12O13+. The smallest absolute Gasteiger partial charge is 0.343 e. The molecule has 0 saturated carbocycles. The molecule has 312 valence electrons. The van der Waals surface area contributed by atoms with Crippen LogP contribution < -0.4 is 21.3 Å². The van der Waals surface area contributed by atoms with Crippen molar-refractivity contribution < 1.29 is 76.3 Å². The largest absolute Gasteiger partial charge is 0.481 e. The number of nitrogens with one attached hydrogen (secondary N) is 7. The van der Waals surface area contributed by atoms with Crippen LogP contribution in [0.1, 0.15) is 57.1 Å². The molecule has 0 radical (unpaired) electrons. The molecule has 57 heavy (non-hydrogen) atoms. The summed E-state index contributed by atoms with van der Waals surface area (Å²) in [5.74, 6) is -6.20. The Labute approximate surface area is 317 Å². The van der Waals surface area contributed by atoms with Gasteiger partial charge in [0.2, 0.25) is 11.1 Å². The van der Waals surface area contributed by atoms with E-state index in [1.54, 1.807) is 0 Å². The molecule has 3 aromatic heterocycles. The Hall–Kier alpha value is -6.52. The van der Waals surface area contributed by atoms with Gasteiger partial charge in [-0.2, -0.15) is 10.2 Å². The Balaban J connectivity index is 1.27. The van der Waals surface area contributed by atoms with Gasteiger partial charge in [-0.05, 0) is 17.8 Å². The maximum absolute atomic E-state index is 12.6. The second kappa shape index (κ2) is 21.5. The Kier molecular flexibility index (Phi) is 17.0. The number of hydrogen-bond donors (Lipinski definition) is 8. The van der Waals surface area contributed by atoms with E-state index in [0.29, 0.717) is 0 Å². The molecule has 0 spiro atoms. The highest BCUT2D eigenvalue weighted by molar-refractivity contribution is 6.06. The number of halogens is 3. The van der Waals surface area contributed by atoms with Crippen molar-refractivity contribution in [3.63, 3.8) is 0 Å². The summed E-state index contributed by atoms with van der Waals surface area (Å²) >= 11 is 0. The van der Waals surface area contributed by atoms with Crippen LogP contribution in [0.3, 0.4) is 0 Å². The molecule has 3 rings (SSSR count). The van der Waals surface area contributed by atoms with Crippen molar-refractivity contribution in [1.29, 1.82) is 0 Å². The van der Waals surface area contributed by atoms with E-state index >= 15 is 0 Å². The van der Waals surface area contributed by atoms with Gasteiger partial charge in [0.15, 0.2) is 23.9 Å². The number of ether oxygens (including phenoxy) is 4. The molecule has 0 fully saturated rings. The molecule has 1 unspecified atom stereocenters. The van der Waals surface area contributed by atoms with Crippen LogP contribution in [0, 0.1) is 10.1 Å².